The second-order valence-corrected chi connectivity index (χ2v) is 6.37. The average molecular weight is 294 g/mol. The highest BCUT2D eigenvalue weighted by Crippen LogP contribution is 2.28. The standard InChI is InChI=1S/C16H20ClNO2/c17-14-4-1-11(2-5-14)10-18-16(19)13-3-6-15-12(9-13)7-8-20-15/h3,6,9,11,14H,1-2,4-5,7-8,10H2,(H,18,19). The van der Waals surface area contributed by atoms with Gasteiger partial charge >= 0.3 is 0 Å². The first kappa shape index (κ1) is 13.7. The second-order valence-electron chi connectivity index (χ2n) is 5.75. The van der Waals surface area contributed by atoms with Crippen molar-refractivity contribution >= 4 is 17.5 Å². The van der Waals surface area contributed by atoms with E-state index in [0.717, 1.165) is 62.1 Å². The zero-order chi connectivity index (χ0) is 13.9. The van der Waals surface area contributed by atoms with Gasteiger partial charge in [-0.2, -0.15) is 0 Å². The summed E-state index contributed by atoms with van der Waals surface area (Å²) in [5, 5.41) is 3.38. The number of ether oxygens (including phenoxy) is 1. The van der Waals surface area contributed by atoms with Crippen LogP contribution in [0.15, 0.2) is 18.2 Å². The van der Waals surface area contributed by atoms with Gasteiger partial charge in [0.1, 0.15) is 5.75 Å². The first-order chi connectivity index (χ1) is 9.72. The van der Waals surface area contributed by atoms with Crippen LogP contribution in [0, 0.1) is 5.92 Å². The summed E-state index contributed by atoms with van der Waals surface area (Å²) in [7, 11) is 0. The number of carbonyl (C=O) groups is 1. The molecule has 0 atom stereocenters. The number of carbonyl (C=O) groups excluding carboxylic acids is 1. The molecule has 3 nitrogen and oxygen atoms in total. The van der Waals surface area contributed by atoms with Gasteiger partial charge in [0.15, 0.2) is 0 Å². The number of hydrogen-bond donors (Lipinski definition) is 1. The summed E-state index contributed by atoms with van der Waals surface area (Å²) in [5.41, 5.74) is 1.88. The highest BCUT2D eigenvalue weighted by Gasteiger charge is 2.20. The van der Waals surface area contributed by atoms with E-state index in [1.807, 2.05) is 18.2 Å². The summed E-state index contributed by atoms with van der Waals surface area (Å²) in [6.45, 7) is 1.48. The molecule has 0 aromatic heterocycles. The van der Waals surface area contributed by atoms with E-state index in [-0.39, 0.29) is 5.91 Å². The number of nitrogens with one attached hydrogen (secondary N) is 1. The average Bonchev–Trinajstić information content (AvgIpc) is 2.93. The molecule has 1 heterocycles. The molecule has 20 heavy (non-hydrogen) atoms. The Labute approximate surface area is 124 Å². The van der Waals surface area contributed by atoms with Gasteiger partial charge in [-0.15, -0.1) is 11.6 Å². The Kier molecular flexibility index (Phi) is 4.16. The number of alkyl halides is 1. The SMILES string of the molecule is O=C(NCC1CCC(Cl)CC1)c1ccc2c(c1)CCO2. The molecule has 0 saturated heterocycles. The molecule has 0 radical (unpaired) electrons. The van der Waals surface area contributed by atoms with Gasteiger partial charge in [-0.3, -0.25) is 4.79 Å². The number of fused-ring (bicyclic) bond motifs is 1. The molecule has 1 aromatic carbocycles. The van der Waals surface area contributed by atoms with Gasteiger partial charge in [0.05, 0.1) is 6.61 Å². The fourth-order valence-corrected chi connectivity index (χ4v) is 3.24. The Morgan fingerprint density at radius 3 is 2.90 bits per heavy atom. The van der Waals surface area contributed by atoms with Gasteiger partial charge in [0.25, 0.3) is 5.91 Å². The van der Waals surface area contributed by atoms with Crippen LogP contribution in [-0.2, 0) is 6.42 Å². The van der Waals surface area contributed by atoms with Crippen LogP contribution >= 0.6 is 11.6 Å². The van der Waals surface area contributed by atoms with E-state index in [2.05, 4.69) is 5.32 Å². The van der Waals surface area contributed by atoms with Crippen LogP contribution in [-0.4, -0.2) is 24.4 Å². The third-order valence-corrected chi connectivity index (χ3v) is 4.72. The molecule has 108 valence electrons. The van der Waals surface area contributed by atoms with Crippen molar-refractivity contribution in [2.45, 2.75) is 37.5 Å². The first-order valence-corrected chi connectivity index (χ1v) is 7.84. The van der Waals surface area contributed by atoms with E-state index in [0.29, 0.717) is 11.3 Å². The van der Waals surface area contributed by atoms with Crippen LogP contribution in [0.1, 0.15) is 41.6 Å². The topological polar surface area (TPSA) is 38.3 Å². The van der Waals surface area contributed by atoms with Gasteiger partial charge in [-0.25, -0.2) is 0 Å². The van der Waals surface area contributed by atoms with Crippen molar-refractivity contribution in [2.24, 2.45) is 5.92 Å². The monoisotopic (exact) mass is 293 g/mol. The lowest BCUT2D eigenvalue weighted by Crippen LogP contribution is -2.31. The maximum Gasteiger partial charge on any atom is 0.251 e. The Balaban J connectivity index is 1.54. The number of benzene rings is 1. The van der Waals surface area contributed by atoms with Crippen molar-refractivity contribution in [3.05, 3.63) is 29.3 Å². The second kappa shape index (κ2) is 6.04. The zero-order valence-corrected chi connectivity index (χ0v) is 12.3. The Morgan fingerprint density at radius 2 is 2.10 bits per heavy atom. The molecule has 1 N–H and O–H groups in total. The fourth-order valence-electron chi connectivity index (χ4n) is 2.99. The van der Waals surface area contributed by atoms with Crippen molar-refractivity contribution in [3.63, 3.8) is 0 Å². The fraction of sp³-hybridized carbons (Fsp3) is 0.562. The zero-order valence-electron chi connectivity index (χ0n) is 11.5. The quantitative estimate of drug-likeness (QED) is 0.870. The van der Waals surface area contributed by atoms with Crippen LogP contribution in [0.4, 0.5) is 0 Å². The number of rotatable bonds is 3. The van der Waals surface area contributed by atoms with Crippen LogP contribution in [0.2, 0.25) is 0 Å². The Morgan fingerprint density at radius 1 is 1.30 bits per heavy atom. The summed E-state index contributed by atoms with van der Waals surface area (Å²) in [5.74, 6) is 1.52. The number of amides is 1. The summed E-state index contributed by atoms with van der Waals surface area (Å²) in [6.07, 6.45) is 5.27. The molecule has 1 saturated carbocycles. The highest BCUT2D eigenvalue weighted by atomic mass is 35.5. The molecule has 1 aliphatic carbocycles. The normalized spacial score (nSPS) is 24.9. The maximum absolute atomic E-state index is 12.2. The Bertz CT molecular complexity index is 495. The summed E-state index contributed by atoms with van der Waals surface area (Å²) in [6, 6.07) is 5.69. The third-order valence-electron chi connectivity index (χ3n) is 4.28. The summed E-state index contributed by atoms with van der Waals surface area (Å²) < 4.78 is 5.45. The molecule has 0 bridgehead atoms. The van der Waals surface area contributed by atoms with Crippen molar-refractivity contribution in [1.82, 2.24) is 5.32 Å². The smallest absolute Gasteiger partial charge is 0.251 e. The van der Waals surface area contributed by atoms with Crippen molar-refractivity contribution < 1.29 is 9.53 Å². The van der Waals surface area contributed by atoms with Crippen LogP contribution in [0.25, 0.3) is 0 Å². The van der Waals surface area contributed by atoms with Crippen LogP contribution in [0.5, 0.6) is 5.75 Å². The van der Waals surface area contributed by atoms with Gasteiger partial charge in [-0.05, 0) is 55.4 Å². The minimum absolute atomic E-state index is 0.0210. The molecule has 3 rings (SSSR count). The minimum atomic E-state index is 0.0210. The van der Waals surface area contributed by atoms with E-state index in [9.17, 15) is 4.79 Å². The van der Waals surface area contributed by atoms with E-state index in [1.165, 1.54) is 0 Å². The van der Waals surface area contributed by atoms with Gasteiger partial charge in [-0.1, -0.05) is 0 Å². The highest BCUT2D eigenvalue weighted by molar-refractivity contribution is 6.20. The van der Waals surface area contributed by atoms with Crippen molar-refractivity contribution in [2.75, 3.05) is 13.2 Å². The molecular weight excluding hydrogens is 274 g/mol. The summed E-state index contributed by atoms with van der Waals surface area (Å²) in [4.78, 5) is 12.2. The van der Waals surface area contributed by atoms with E-state index < -0.39 is 0 Å². The van der Waals surface area contributed by atoms with Gasteiger partial charge < -0.3 is 10.1 Å². The summed E-state index contributed by atoms with van der Waals surface area (Å²) >= 11 is 6.10. The van der Waals surface area contributed by atoms with Crippen molar-refractivity contribution in [1.29, 1.82) is 0 Å². The van der Waals surface area contributed by atoms with E-state index in [1.54, 1.807) is 0 Å². The van der Waals surface area contributed by atoms with Gasteiger partial charge in [0.2, 0.25) is 0 Å². The lowest BCUT2D eigenvalue weighted by molar-refractivity contribution is 0.0943. The minimum Gasteiger partial charge on any atom is -0.493 e. The molecule has 1 fully saturated rings. The lowest BCUT2D eigenvalue weighted by atomic mass is 9.89. The van der Waals surface area contributed by atoms with Crippen molar-refractivity contribution in [3.8, 4) is 5.75 Å². The predicted octanol–water partition coefficient (Wildman–Crippen LogP) is 3.15. The lowest BCUT2D eigenvalue weighted by Gasteiger charge is -2.25. The Hall–Kier alpha value is -1.22. The molecule has 0 spiro atoms. The van der Waals surface area contributed by atoms with Gasteiger partial charge in [0, 0.05) is 23.9 Å². The molecule has 1 amide bonds. The molecule has 2 aliphatic rings. The molecule has 4 heteroatoms. The molecule has 0 unspecified atom stereocenters. The molecular formula is C16H20ClNO2. The largest absolute Gasteiger partial charge is 0.493 e. The molecule has 1 aromatic rings. The van der Waals surface area contributed by atoms with Crippen LogP contribution in [0.3, 0.4) is 0 Å². The van der Waals surface area contributed by atoms with Crippen LogP contribution < -0.4 is 10.1 Å². The number of halogens is 1. The predicted molar refractivity (Wildman–Crippen MR) is 79.6 cm³/mol. The number of hydrogen-bond acceptors (Lipinski definition) is 2. The molecule has 1 aliphatic heterocycles. The maximum atomic E-state index is 12.2. The first-order valence-electron chi connectivity index (χ1n) is 7.40. The third kappa shape index (κ3) is 3.09. The van der Waals surface area contributed by atoms with E-state index >= 15 is 0 Å². The van der Waals surface area contributed by atoms with E-state index in [4.69, 9.17) is 16.3 Å².